The second kappa shape index (κ2) is 4.72. The van der Waals surface area contributed by atoms with Crippen LogP contribution in [-0.2, 0) is 19.9 Å². The van der Waals surface area contributed by atoms with Crippen molar-refractivity contribution in [3.8, 4) is 12.1 Å². The summed E-state index contributed by atoms with van der Waals surface area (Å²) in [5.41, 5.74) is 4.31. The molecule has 3 aromatic rings. The van der Waals surface area contributed by atoms with Crippen molar-refractivity contribution in [3.05, 3.63) is 47.5 Å². The normalized spacial score (nSPS) is 10.6. The minimum Gasteiger partial charge on any atom is -0.344 e. The van der Waals surface area contributed by atoms with E-state index in [0.29, 0.717) is 12.8 Å². The molecule has 0 unspecified atom stereocenters. The number of nitriles is 2. The molecule has 3 nitrogen and oxygen atoms in total. The largest absolute Gasteiger partial charge is 0.344 e. The standard InChI is InChI=1S/C17H13N3/c1-20-16-10-12(6-8-18)2-4-14(16)15-5-3-13(7-9-19)11-17(15)20/h2-5,10-11H,6-7H2,1H3. The van der Waals surface area contributed by atoms with E-state index < -0.39 is 0 Å². The minimum atomic E-state index is 0.428. The monoisotopic (exact) mass is 259 g/mol. The molecule has 0 aliphatic rings. The maximum absolute atomic E-state index is 8.81. The fourth-order valence-corrected chi connectivity index (χ4v) is 2.70. The molecule has 0 N–H and O–H groups in total. The molecular weight excluding hydrogens is 246 g/mol. The van der Waals surface area contributed by atoms with Crippen LogP contribution >= 0.6 is 0 Å². The zero-order valence-corrected chi connectivity index (χ0v) is 11.2. The molecule has 0 aliphatic carbocycles. The van der Waals surface area contributed by atoms with E-state index >= 15 is 0 Å². The van der Waals surface area contributed by atoms with Crippen molar-refractivity contribution in [1.29, 1.82) is 10.5 Å². The smallest absolute Gasteiger partial charge is 0.0669 e. The van der Waals surface area contributed by atoms with Crippen molar-refractivity contribution in [2.45, 2.75) is 12.8 Å². The van der Waals surface area contributed by atoms with Gasteiger partial charge in [-0.2, -0.15) is 10.5 Å². The zero-order valence-electron chi connectivity index (χ0n) is 11.2. The molecule has 1 heterocycles. The Morgan fingerprint density at radius 2 is 1.30 bits per heavy atom. The molecule has 2 aromatic carbocycles. The SMILES string of the molecule is Cn1c2cc(CC#N)ccc2c2ccc(CC#N)cc21. The van der Waals surface area contributed by atoms with E-state index in [1.807, 2.05) is 19.2 Å². The fourth-order valence-electron chi connectivity index (χ4n) is 2.70. The second-order valence-corrected chi connectivity index (χ2v) is 4.93. The highest BCUT2D eigenvalue weighted by atomic mass is 14.9. The molecule has 1 aromatic heterocycles. The van der Waals surface area contributed by atoms with Crippen molar-refractivity contribution in [1.82, 2.24) is 4.57 Å². The van der Waals surface area contributed by atoms with Crippen LogP contribution in [0.3, 0.4) is 0 Å². The highest BCUT2D eigenvalue weighted by Crippen LogP contribution is 2.29. The lowest BCUT2D eigenvalue weighted by atomic mass is 10.1. The van der Waals surface area contributed by atoms with Crippen LogP contribution in [0.25, 0.3) is 21.8 Å². The van der Waals surface area contributed by atoms with Gasteiger partial charge in [-0.25, -0.2) is 0 Å². The van der Waals surface area contributed by atoms with Gasteiger partial charge < -0.3 is 4.57 Å². The van der Waals surface area contributed by atoms with Crippen LogP contribution in [0.4, 0.5) is 0 Å². The van der Waals surface area contributed by atoms with E-state index in [4.69, 9.17) is 10.5 Å². The van der Waals surface area contributed by atoms with Gasteiger partial charge in [0.1, 0.15) is 0 Å². The molecule has 0 fully saturated rings. The highest BCUT2D eigenvalue weighted by molar-refractivity contribution is 6.08. The summed E-state index contributed by atoms with van der Waals surface area (Å²) in [6.07, 6.45) is 0.855. The van der Waals surface area contributed by atoms with Gasteiger partial charge in [0.2, 0.25) is 0 Å². The Kier molecular flexibility index (Phi) is 2.89. The predicted octanol–water partition coefficient (Wildman–Crippen LogP) is 3.46. The second-order valence-electron chi connectivity index (χ2n) is 4.93. The van der Waals surface area contributed by atoms with E-state index in [9.17, 15) is 0 Å². The molecule has 96 valence electrons. The van der Waals surface area contributed by atoms with E-state index in [2.05, 4.69) is 41.0 Å². The molecule has 0 saturated carbocycles. The third kappa shape index (κ3) is 1.81. The Bertz CT molecular complexity index is 815. The number of hydrogen-bond donors (Lipinski definition) is 0. The third-order valence-corrected chi connectivity index (χ3v) is 3.70. The van der Waals surface area contributed by atoms with Gasteiger partial charge in [-0.1, -0.05) is 24.3 Å². The number of fused-ring (bicyclic) bond motifs is 3. The fraction of sp³-hybridized carbons (Fsp3) is 0.176. The summed E-state index contributed by atoms with van der Waals surface area (Å²) in [4.78, 5) is 0. The van der Waals surface area contributed by atoms with Crippen molar-refractivity contribution in [3.63, 3.8) is 0 Å². The zero-order chi connectivity index (χ0) is 14.1. The van der Waals surface area contributed by atoms with Crippen LogP contribution in [0.5, 0.6) is 0 Å². The molecular formula is C17H13N3. The lowest BCUT2D eigenvalue weighted by Crippen LogP contribution is -1.89. The minimum absolute atomic E-state index is 0.428. The molecule has 0 amide bonds. The van der Waals surface area contributed by atoms with Gasteiger partial charge in [0.15, 0.2) is 0 Å². The first-order chi connectivity index (χ1) is 9.74. The van der Waals surface area contributed by atoms with Gasteiger partial charge in [-0.3, -0.25) is 0 Å². The highest BCUT2D eigenvalue weighted by Gasteiger charge is 2.09. The van der Waals surface area contributed by atoms with Crippen molar-refractivity contribution in [2.24, 2.45) is 7.05 Å². The number of hydrogen-bond acceptors (Lipinski definition) is 2. The Balaban J connectivity index is 2.30. The summed E-state index contributed by atoms with van der Waals surface area (Å²) in [7, 11) is 2.02. The molecule has 0 spiro atoms. The van der Waals surface area contributed by atoms with E-state index in [-0.39, 0.29) is 0 Å². The summed E-state index contributed by atoms with van der Waals surface area (Å²) in [6, 6.07) is 16.7. The molecule has 0 atom stereocenters. The van der Waals surface area contributed by atoms with Crippen molar-refractivity contribution < 1.29 is 0 Å². The van der Waals surface area contributed by atoms with Crippen molar-refractivity contribution in [2.75, 3.05) is 0 Å². The third-order valence-electron chi connectivity index (χ3n) is 3.70. The summed E-state index contributed by atoms with van der Waals surface area (Å²) in [6.45, 7) is 0. The molecule has 20 heavy (non-hydrogen) atoms. The van der Waals surface area contributed by atoms with Crippen LogP contribution in [0.15, 0.2) is 36.4 Å². The van der Waals surface area contributed by atoms with Gasteiger partial charge in [0.05, 0.1) is 25.0 Å². The van der Waals surface area contributed by atoms with Gasteiger partial charge in [0, 0.05) is 28.9 Å². The first kappa shape index (κ1) is 12.3. The Morgan fingerprint density at radius 3 is 1.70 bits per heavy atom. The van der Waals surface area contributed by atoms with Gasteiger partial charge >= 0.3 is 0 Å². The summed E-state index contributed by atoms with van der Waals surface area (Å²) >= 11 is 0. The molecule has 3 rings (SSSR count). The topological polar surface area (TPSA) is 52.5 Å². The van der Waals surface area contributed by atoms with Crippen LogP contribution in [0, 0.1) is 22.7 Å². The van der Waals surface area contributed by atoms with Gasteiger partial charge in [-0.05, 0) is 23.3 Å². The molecule has 0 saturated heterocycles. The number of benzene rings is 2. The number of nitrogens with zero attached hydrogens (tertiary/aromatic N) is 3. The van der Waals surface area contributed by atoms with Crippen molar-refractivity contribution >= 4 is 21.8 Å². The summed E-state index contributed by atoms with van der Waals surface area (Å²) in [5, 5.41) is 20.0. The van der Waals surface area contributed by atoms with E-state index in [1.54, 1.807) is 0 Å². The molecule has 0 bridgehead atoms. The summed E-state index contributed by atoms with van der Waals surface area (Å²) < 4.78 is 2.13. The average Bonchev–Trinajstić information content (AvgIpc) is 2.73. The summed E-state index contributed by atoms with van der Waals surface area (Å²) in [5.74, 6) is 0. The molecule has 3 heteroatoms. The molecule has 0 radical (unpaired) electrons. The Morgan fingerprint density at radius 1 is 0.850 bits per heavy atom. The van der Waals surface area contributed by atoms with Gasteiger partial charge in [0.25, 0.3) is 0 Å². The Hall–Kier alpha value is -2.78. The lowest BCUT2D eigenvalue weighted by Gasteiger charge is -2.00. The van der Waals surface area contributed by atoms with Crippen LogP contribution in [0.2, 0.25) is 0 Å². The first-order valence-corrected chi connectivity index (χ1v) is 6.48. The van der Waals surface area contributed by atoms with Gasteiger partial charge in [-0.15, -0.1) is 0 Å². The quantitative estimate of drug-likeness (QED) is 0.707. The van der Waals surface area contributed by atoms with E-state index in [1.165, 1.54) is 10.8 Å². The Labute approximate surface area is 117 Å². The number of rotatable bonds is 2. The predicted molar refractivity (Wildman–Crippen MR) is 79.1 cm³/mol. The average molecular weight is 259 g/mol. The van der Waals surface area contributed by atoms with E-state index in [0.717, 1.165) is 22.2 Å². The van der Waals surface area contributed by atoms with Crippen LogP contribution in [-0.4, -0.2) is 4.57 Å². The van der Waals surface area contributed by atoms with Crippen LogP contribution in [0.1, 0.15) is 11.1 Å². The molecule has 0 aliphatic heterocycles. The van der Waals surface area contributed by atoms with Crippen LogP contribution < -0.4 is 0 Å². The maximum Gasteiger partial charge on any atom is 0.0669 e. The number of aromatic nitrogens is 1. The lowest BCUT2D eigenvalue weighted by molar-refractivity contribution is 1.01. The number of aryl methyl sites for hydroxylation is 1. The first-order valence-electron chi connectivity index (χ1n) is 6.48. The maximum atomic E-state index is 8.81.